The first-order valence-electron chi connectivity index (χ1n) is 12.1. The summed E-state index contributed by atoms with van der Waals surface area (Å²) in [5.74, 6) is 0. The topological polar surface area (TPSA) is 237 Å². The van der Waals surface area contributed by atoms with Crippen molar-refractivity contribution in [3.05, 3.63) is 84.9 Å². The van der Waals surface area contributed by atoms with Crippen LogP contribution < -0.4 is 27.4 Å². The lowest BCUT2D eigenvalue weighted by Crippen LogP contribution is -2.12. The molecule has 224 valence electrons. The number of nitrogens with one attached hydrogen (secondary N) is 4. The second kappa shape index (κ2) is 10.9. The third-order valence-corrected chi connectivity index (χ3v) is 8.96. The number of benzene rings is 5. The molecule has 0 fully saturated rings. The van der Waals surface area contributed by atoms with Gasteiger partial charge in [-0.05, 0) is 66.7 Å². The van der Waals surface area contributed by atoms with Gasteiger partial charge in [0.25, 0.3) is 30.4 Å². The van der Waals surface area contributed by atoms with Crippen LogP contribution in [-0.2, 0) is 30.4 Å². The lowest BCUT2D eigenvalue weighted by atomic mass is 10.1. The van der Waals surface area contributed by atoms with Gasteiger partial charge in [-0.1, -0.05) is 18.2 Å². The smallest absolute Gasteiger partial charge is 0.294 e. The zero-order chi connectivity index (χ0) is 31.2. The van der Waals surface area contributed by atoms with Crippen LogP contribution in [-0.4, -0.2) is 38.9 Å². The molecule has 0 amide bonds. The van der Waals surface area contributed by atoms with E-state index in [4.69, 9.17) is 5.73 Å². The zero-order valence-corrected chi connectivity index (χ0v) is 24.1. The number of hydrogen-bond acceptors (Lipinski definition) is 11. The van der Waals surface area contributed by atoms with Crippen molar-refractivity contribution in [2.45, 2.75) is 14.7 Å². The largest absolute Gasteiger partial charge is 0.398 e. The molecule has 5 rings (SSSR count). The van der Waals surface area contributed by atoms with Gasteiger partial charge in [-0.2, -0.15) is 25.3 Å². The van der Waals surface area contributed by atoms with Gasteiger partial charge in [-0.3, -0.25) is 13.7 Å². The van der Waals surface area contributed by atoms with Gasteiger partial charge in [0.15, 0.2) is 0 Å². The van der Waals surface area contributed by atoms with E-state index in [9.17, 15) is 38.9 Å². The first-order valence-corrected chi connectivity index (χ1v) is 16.4. The molecule has 0 bridgehead atoms. The fraction of sp³-hybridized carbons (Fsp3) is 0. The van der Waals surface area contributed by atoms with Crippen molar-refractivity contribution >= 4 is 80.3 Å². The number of nitrogens with two attached hydrogens (primary N) is 1. The zero-order valence-electron chi connectivity index (χ0n) is 21.7. The van der Waals surface area contributed by atoms with Crippen LogP contribution >= 0.6 is 0 Å². The van der Waals surface area contributed by atoms with E-state index in [0.717, 1.165) is 0 Å². The second-order valence-corrected chi connectivity index (χ2v) is 13.5. The fourth-order valence-electron chi connectivity index (χ4n) is 4.33. The highest BCUT2D eigenvalue weighted by molar-refractivity contribution is 7.86. The van der Waals surface area contributed by atoms with Gasteiger partial charge in [0.05, 0.1) is 37.4 Å². The maximum absolute atomic E-state index is 11.9. The Morgan fingerprint density at radius 1 is 0.465 bits per heavy atom. The van der Waals surface area contributed by atoms with Crippen LogP contribution in [0.2, 0.25) is 0 Å². The molecule has 5 aromatic carbocycles. The first-order chi connectivity index (χ1) is 20.1. The predicted octanol–water partition coefficient (Wildman–Crippen LogP) is 4.19. The lowest BCUT2D eigenvalue weighted by Gasteiger charge is -2.18. The van der Waals surface area contributed by atoms with Crippen molar-refractivity contribution in [3.63, 3.8) is 0 Å². The molecule has 0 saturated carbocycles. The van der Waals surface area contributed by atoms with Crippen molar-refractivity contribution in [3.8, 4) is 0 Å². The quantitative estimate of drug-likeness (QED) is 0.0637. The highest BCUT2D eigenvalue weighted by Crippen LogP contribution is 2.34. The summed E-state index contributed by atoms with van der Waals surface area (Å²) >= 11 is 0. The van der Waals surface area contributed by atoms with Gasteiger partial charge < -0.3 is 27.4 Å². The Hall–Kier alpha value is -4.65. The van der Waals surface area contributed by atoms with Crippen molar-refractivity contribution in [1.29, 1.82) is 0 Å². The molecule has 0 aliphatic heterocycles. The van der Waals surface area contributed by atoms with Gasteiger partial charge in [0.1, 0.15) is 0 Å². The Morgan fingerprint density at radius 2 is 0.907 bits per heavy atom. The summed E-state index contributed by atoms with van der Waals surface area (Å²) < 4.78 is 98.7. The van der Waals surface area contributed by atoms with Gasteiger partial charge in [0.2, 0.25) is 0 Å². The standard InChI is InChI=1S/C26H23N5O9S3/c27-23-8-9-25(21-13-17(42(35,36)37)4-6-19(21)23)30-31-26-11-10-24(20-7-5-18(14-22(20)26)43(38,39)40)29-28-15-2-1-3-16(12-15)41(32,33)34/h1-14,28-31H,27H2,(H,32,33,34)(H,35,36,37)(H,38,39,40). The van der Waals surface area contributed by atoms with Gasteiger partial charge >= 0.3 is 0 Å². The lowest BCUT2D eigenvalue weighted by molar-refractivity contribution is 0.481. The molecule has 43 heavy (non-hydrogen) atoms. The minimum Gasteiger partial charge on any atom is -0.398 e. The van der Waals surface area contributed by atoms with Crippen LogP contribution in [0.1, 0.15) is 0 Å². The number of fused-ring (bicyclic) bond motifs is 2. The van der Waals surface area contributed by atoms with Crippen LogP contribution in [0.15, 0.2) is 99.6 Å². The van der Waals surface area contributed by atoms with Crippen LogP contribution in [0.3, 0.4) is 0 Å². The summed E-state index contributed by atoms with van der Waals surface area (Å²) in [4.78, 5) is -1.06. The van der Waals surface area contributed by atoms with E-state index in [1.54, 1.807) is 30.3 Å². The Kier molecular flexibility index (Phi) is 7.55. The molecule has 0 aromatic heterocycles. The number of hydrazine groups is 2. The highest BCUT2D eigenvalue weighted by Gasteiger charge is 2.16. The number of anilines is 5. The Balaban J connectivity index is 1.52. The van der Waals surface area contributed by atoms with E-state index in [1.165, 1.54) is 54.6 Å². The van der Waals surface area contributed by atoms with Gasteiger partial charge in [-0.15, -0.1) is 0 Å². The van der Waals surface area contributed by atoms with Crippen molar-refractivity contribution in [1.82, 2.24) is 0 Å². The molecule has 0 spiro atoms. The van der Waals surface area contributed by atoms with E-state index < -0.39 is 30.4 Å². The Morgan fingerprint density at radius 3 is 1.47 bits per heavy atom. The van der Waals surface area contributed by atoms with Crippen LogP contribution in [0.25, 0.3) is 21.5 Å². The molecule has 0 radical (unpaired) electrons. The summed E-state index contributed by atoms with van der Waals surface area (Å²) in [5.41, 5.74) is 19.5. The molecule has 9 N–H and O–H groups in total. The Bertz CT molecular complexity index is 2240. The third kappa shape index (κ3) is 6.41. The molecule has 0 unspecified atom stereocenters. The third-order valence-electron chi connectivity index (χ3n) is 6.41. The molecule has 0 atom stereocenters. The van der Waals surface area contributed by atoms with Crippen LogP contribution in [0.4, 0.5) is 28.4 Å². The monoisotopic (exact) mass is 645 g/mol. The molecular formula is C26H23N5O9S3. The summed E-state index contributed by atoms with van der Waals surface area (Å²) in [6.07, 6.45) is 0. The fourth-order valence-corrected chi connectivity index (χ4v) is 5.87. The second-order valence-electron chi connectivity index (χ2n) is 9.23. The van der Waals surface area contributed by atoms with E-state index in [2.05, 4.69) is 21.7 Å². The molecule has 14 nitrogen and oxygen atoms in total. The average molecular weight is 646 g/mol. The van der Waals surface area contributed by atoms with Crippen LogP contribution in [0.5, 0.6) is 0 Å². The minimum absolute atomic E-state index is 0.293. The SMILES string of the molecule is Nc1ccc(NNc2ccc(NNc3cccc(S(=O)(=O)O)c3)c3ccc(S(=O)(=O)O)cc23)c2cc(S(=O)(=O)O)ccc12. The summed E-state index contributed by atoms with van der Waals surface area (Å²) in [5, 5.41) is 1.65. The number of nitrogen functional groups attached to an aromatic ring is 1. The van der Waals surface area contributed by atoms with E-state index in [1.807, 2.05) is 0 Å². The van der Waals surface area contributed by atoms with Gasteiger partial charge in [-0.25, -0.2) is 0 Å². The number of rotatable bonds is 9. The van der Waals surface area contributed by atoms with E-state index in [0.29, 0.717) is 50.0 Å². The average Bonchev–Trinajstić information content (AvgIpc) is 2.94. The van der Waals surface area contributed by atoms with Crippen molar-refractivity contribution < 1.29 is 38.9 Å². The molecule has 0 saturated heterocycles. The summed E-state index contributed by atoms with van der Waals surface area (Å²) in [7, 11) is -13.5. The first kappa shape index (κ1) is 29.8. The maximum atomic E-state index is 11.9. The molecule has 0 heterocycles. The molecular weight excluding hydrogens is 623 g/mol. The van der Waals surface area contributed by atoms with Crippen molar-refractivity contribution in [2.24, 2.45) is 0 Å². The minimum atomic E-state index is -4.58. The Labute approximate surface area is 245 Å². The van der Waals surface area contributed by atoms with E-state index >= 15 is 0 Å². The highest BCUT2D eigenvalue weighted by atomic mass is 32.2. The summed E-state index contributed by atoms with van der Waals surface area (Å²) in [6.45, 7) is 0. The molecule has 0 aliphatic rings. The van der Waals surface area contributed by atoms with Crippen LogP contribution in [0, 0.1) is 0 Å². The van der Waals surface area contributed by atoms with E-state index in [-0.39, 0.29) is 14.7 Å². The predicted molar refractivity (Wildman–Crippen MR) is 163 cm³/mol. The van der Waals surface area contributed by atoms with Gasteiger partial charge in [0, 0.05) is 27.2 Å². The summed E-state index contributed by atoms with van der Waals surface area (Å²) in [6, 6.07) is 19.5. The molecule has 5 aromatic rings. The normalized spacial score (nSPS) is 12.3. The molecule has 17 heteroatoms. The molecule has 0 aliphatic carbocycles. The van der Waals surface area contributed by atoms with Crippen molar-refractivity contribution in [2.75, 3.05) is 27.4 Å². The maximum Gasteiger partial charge on any atom is 0.294 e. The number of hydrogen-bond donors (Lipinski definition) is 8.